The van der Waals surface area contributed by atoms with E-state index < -0.39 is 5.43 Å². The van der Waals surface area contributed by atoms with Crippen LogP contribution in [0.15, 0.2) is 52.2 Å². The lowest BCUT2D eigenvalue weighted by Gasteiger charge is -2.27. The summed E-state index contributed by atoms with van der Waals surface area (Å²) in [6.45, 7) is 0. The van der Waals surface area contributed by atoms with Crippen molar-refractivity contribution >= 4 is 40.8 Å². The van der Waals surface area contributed by atoms with Crippen LogP contribution in [0.1, 0.15) is 36.6 Å². The van der Waals surface area contributed by atoms with E-state index in [1.54, 1.807) is 10.6 Å². The van der Waals surface area contributed by atoms with Crippen molar-refractivity contribution < 1.29 is 4.79 Å². The average Bonchev–Trinajstić information content (AvgIpc) is 2.67. The van der Waals surface area contributed by atoms with Gasteiger partial charge in [-0.05, 0) is 36.6 Å². The van der Waals surface area contributed by atoms with Crippen LogP contribution in [0.3, 0.4) is 0 Å². The number of pyridine rings is 2. The number of H-pyrrole nitrogens is 1. The van der Waals surface area contributed by atoms with Gasteiger partial charge in [-0.25, -0.2) is 4.98 Å². The van der Waals surface area contributed by atoms with E-state index in [-0.39, 0.29) is 46.9 Å². The van der Waals surface area contributed by atoms with Gasteiger partial charge >= 0.3 is 0 Å². The molecule has 0 spiro atoms. The molecule has 0 amide bonds. The Hall–Kier alpha value is -3.32. The maximum Gasteiger partial charge on any atom is 0.271 e. The van der Waals surface area contributed by atoms with E-state index in [2.05, 4.69) is 9.97 Å². The van der Waals surface area contributed by atoms with Crippen LogP contribution < -0.4 is 11.0 Å². The number of nitrogens with zero attached hydrogens (tertiary/aromatic N) is 3. The van der Waals surface area contributed by atoms with Gasteiger partial charge in [0.1, 0.15) is 28.7 Å². The Kier molecular flexibility index (Phi) is 5.22. The van der Waals surface area contributed by atoms with Crippen LogP contribution in [0.5, 0.6) is 0 Å². The Morgan fingerprint density at radius 1 is 1.17 bits per heavy atom. The number of para-hydroxylation sites is 1. The summed E-state index contributed by atoms with van der Waals surface area (Å²) in [5, 5.41) is 0.0000592. The summed E-state index contributed by atoms with van der Waals surface area (Å²) in [5.74, 6) is 0.859. The van der Waals surface area contributed by atoms with Crippen molar-refractivity contribution in [2.24, 2.45) is 0 Å². The lowest BCUT2D eigenvalue weighted by Crippen LogP contribution is -2.31. The molecule has 0 saturated heterocycles. The highest BCUT2D eigenvalue weighted by molar-refractivity contribution is 5.88. The molecule has 1 N–H and O–H groups in total. The van der Waals surface area contributed by atoms with Gasteiger partial charge in [0.15, 0.2) is 0 Å². The van der Waals surface area contributed by atoms with Crippen LogP contribution in [0.4, 0.5) is 0 Å². The zero-order valence-corrected chi connectivity index (χ0v) is 16.8. The Labute approximate surface area is 177 Å². The lowest BCUT2D eigenvalue weighted by atomic mass is 9.84. The second-order valence-corrected chi connectivity index (χ2v) is 7.36. The summed E-state index contributed by atoms with van der Waals surface area (Å²) >= 11 is 0. The van der Waals surface area contributed by atoms with Crippen LogP contribution in [-0.2, 0) is 11.2 Å². The topological polar surface area (TPSA) is 97.7 Å². The minimum atomic E-state index is -0.450. The number of hydrogen-bond donors (Lipinski definition) is 1. The van der Waals surface area contributed by atoms with E-state index in [0.717, 1.165) is 25.5 Å². The number of nitrogens with one attached hydrogen (secondary N) is 1. The predicted molar refractivity (Wildman–Crippen MR) is 117 cm³/mol. The summed E-state index contributed by atoms with van der Waals surface area (Å²) < 4.78 is 1.56. The maximum absolute atomic E-state index is 13.5. The number of carbonyl (C=O) groups excluding carboxylic acids is 1. The molecule has 8 heteroatoms. The van der Waals surface area contributed by atoms with Crippen LogP contribution in [0, 0.1) is 0 Å². The molecule has 1 fully saturated rings. The number of aromatic amines is 1. The van der Waals surface area contributed by atoms with Crippen molar-refractivity contribution in [1.29, 1.82) is 0 Å². The smallest absolute Gasteiger partial charge is 0.271 e. The molecule has 5 rings (SSSR count). The van der Waals surface area contributed by atoms with Gasteiger partial charge < -0.3 is 9.78 Å². The average molecular weight is 423 g/mol. The van der Waals surface area contributed by atoms with Crippen molar-refractivity contribution in [1.82, 2.24) is 19.5 Å². The van der Waals surface area contributed by atoms with Crippen molar-refractivity contribution in [3.05, 3.63) is 74.6 Å². The van der Waals surface area contributed by atoms with Gasteiger partial charge in [-0.15, -0.1) is 12.4 Å². The summed E-state index contributed by atoms with van der Waals surface area (Å²) in [5.41, 5.74) is 1.47. The monoisotopic (exact) mass is 422 g/mol. The van der Waals surface area contributed by atoms with Crippen LogP contribution in [0.2, 0.25) is 0 Å². The van der Waals surface area contributed by atoms with Crippen molar-refractivity contribution in [2.75, 3.05) is 0 Å². The highest BCUT2D eigenvalue weighted by atomic mass is 35.5. The second-order valence-electron chi connectivity index (χ2n) is 7.36. The molecule has 0 bridgehead atoms. The van der Waals surface area contributed by atoms with Gasteiger partial charge in [-0.3, -0.25) is 19.1 Å². The van der Waals surface area contributed by atoms with Gasteiger partial charge in [0.05, 0.1) is 11.2 Å². The molecular weight excluding hydrogens is 404 g/mol. The van der Waals surface area contributed by atoms with Gasteiger partial charge in [0.2, 0.25) is 5.43 Å². The summed E-state index contributed by atoms with van der Waals surface area (Å²) in [4.78, 5) is 49.4. The first-order chi connectivity index (χ1) is 14.2. The molecule has 152 valence electrons. The third kappa shape index (κ3) is 3.11. The molecule has 7 nitrogen and oxygen atoms in total. The molecule has 1 aliphatic rings. The largest absolute Gasteiger partial charge is 0.337 e. The molecule has 1 aromatic carbocycles. The van der Waals surface area contributed by atoms with Gasteiger partial charge in [-0.1, -0.05) is 24.6 Å². The van der Waals surface area contributed by atoms with Crippen LogP contribution in [0.25, 0.3) is 27.8 Å². The third-order valence-electron chi connectivity index (χ3n) is 5.55. The summed E-state index contributed by atoms with van der Waals surface area (Å²) in [6, 6.07) is 11.0. The Bertz CT molecular complexity index is 1370. The number of benzene rings is 1. The van der Waals surface area contributed by atoms with Gasteiger partial charge in [-0.2, -0.15) is 0 Å². The molecule has 1 aliphatic carbocycles. The molecule has 1 saturated carbocycles. The zero-order valence-electron chi connectivity index (χ0n) is 16.0. The van der Waals surface area contributed by atoms with Crippen LogP contribution >= 0.6 is 12.4 Å². The molecule has 3 aromatic heterocycles. The predicted octanol–water partition coefficient (Wildman–Crippen LogP) is 3.05. The van der Waals surface area contributed by atoms with E-state index in [4.69, 9.17) is 4.98 Å². The number of hydrogen-bond acceptors (Lipinski definition) is 5. The number of rotatable bonds is 4. The standard InChI is InChI=1S/C22H18N4O3.ClH/c27-10-9-13-11-16-18(23-12-13)19(28)17-20(24-16)25-21(14-5-4-6-14)26(22(17)29)15-7-2-1-3-8-15;/h1-3,7-8,10-12,14H,4-6,9H2,(H,24,28);1H. The van der Waals surface area contributed by atoms with Crippen molar-refractivity contribution in [3.63, 3.8) is 0 Å². The normalized spacial score (nSPS) is 13.7. The second kappa shape index (κ2) is 7.84. The summed E-state index contributed by atoms with van der Waals surface area (Å²) in [7, 11) is 0. The van der Waals surface area contributed by atoms with E-state index in [1.165, 1.54) is 6.20 Å². The van der Waals surface area contributed by atoms with Gasteiger partial charge in [0.25, 0.3) is 5.56 Å². The van der Waals surface area contributed by atoms with E-state index >= 15 is 0 Å². The quantitative estimate of drug-likeness (QED) is 0.402. The van der Waals surface area contributed by atoms with Gasteiger partial charge in [0, 0.05) is 18.5 Å². The molecule has 0 unspecified atom stereocenters. The fourth-order valence-electron chi connectivity index (χ4n) is 3.84. The number of carbonyl (C=O) groups is 1. The first-order valence-corrected chi connectivity index (χ1v) is 9.64. The van der Waals surface area contributed by atoms with E-state index in [0.29, 0.717) is 22.6 Å². The first kappa shape index (κ1) is 20.0. The molecule has 4 aromatic rings. The number of fused-ring (bicyclic) bond motifs is 2. The molecule has 30 heavy (non-hydrogen) atoms. The number of halogens is 1. The summed E-state index contributed by atoms with van der Waals surface area (Å²) in [6.07, 6.45) is 5.51. The lowest BCUT2D eigenvalue weighted by molar-refractivity contribution is -0.107. The highest BCUT2D eigenvalue weighted by Gasteiger charge is 2.27. The SMILES string of the molecule is Cl.O=CCc1cnc2c(=O)c3c(=O)n(-c4ccccc4)c(C4CCC4)nc3[nH]c2c1. The molecule has 0 radical (unpaired) electrons. The Morgan fingerprint density at radius 2 is 1.93 bits per heavy atom. The Balaban J connectivity index is 0.00000218. The van der Waals surface area contributed by atoms with E-state index in [9.17, 15) is 14.4 Å². The maximum atomic E-state index is 13.5. The molecule has 0 atom stereocenters. The number of aldehydes is 1. The van der Waals surface area contributed by atoms with Crippen molar-refractivity contribution in [2.45, 2.75) is 31.6 Å². The fourth-order valence-corrected chi connectivity index (χ4v) is 3.84. The highest BCUT2D eigenvalue weighted by Crippen LogP contribution is 2.36. The number of aromatic nitrogens is 4. The molecule has 3 heterocycles. The minimum absolute atomic E-state index is 0. The molecular formula is C22H19ClN4O3. The zero-order chi connectivity index (χ0) is 20.0. The minimum Gasteiger partial charge on any atom is -0.337 e. The first-order valence-electron chi connectivity index (χ1n) is 9.64. The molecule has 0 aliphatic heterocycles. The Morgan fingerprint density at radius 3 is 2.60 bits per heavy atom. The van der Waals surface area contributed by atoms with Crippen LogP contribution in [-0.4, -0.2) is 25.8 Å². The fraction of sp³-hybridized carbons (Fsp3) is 0.227. The third-order valence-corrected chi connectivity index (χ3v) is 5.55. The van der Waals surface area contributed by atoms with Crippen molar-refractivity contribution in [3.8, 4) is 5.69 Å². The van der Waals surface area contributed by atoms with E-state index in [1.807, 2.05) is 30.3 Å².